The van der Waals surface area contributed by atoms with Gasteiger partial charge in [0.05, 0.1) is 62.1 Å². The SMILES string of the molecule is O=C(OCC1CCCCC1)C1CCC(COO)C(CONC2CCCC(OS(=O)C3CCCC(NC(=O)C4CC(COOCC5CCCCC5)CCC4C(=O)O)C3)C2)C1. The van der Waals surface area contributed by atoms with Crippen molar-refractivity contribution >= 4 is 28.9 Å². The monoisotopic (exact) mass is 854 g/mol. The zero-order valence-corrected chi connectivity index (χ0v) is 36.1. The van der Waals surface area contributed by atoms with Crippen LogP contribution in [-0.2, 0) is 53.9 Å². The Morgan fingerprint density at radius 3 is 2.02 bits per heavy atom. The number of carbonyl (C=O) groups is 3. The minimum atomic E-state index is -1.54. The van der Waals surface area contributed by atoms with E-state index in [1.807, 2.05) is 0 Å². The summed E-state index contributed by atoms with van der Waals surface area (Å²) in [5.41, 5.74) is 3.23. The molecule has 0 aromatic carbocycles. The summed E-state index contributed by atoms with van der Waals surface area (Å²) in [6.07, 6.45) is 21.6. The van der Waals surface area contributed by atoms with E-state index in [0.717, 1.165) is 57.8 Å². The largest absolute Gasteiger partial charge is 0.481 e. The number of esters is 1. The summed E-state index contributed by atoms with van der Waals surface area (Å²) in [7, 11) is 0. The van der Waals surface area contributed by atoms with Gasteiger partial charge in [-0.05, 0) is 139 Å². The molecule has 1 amide bonds. The second kappa shape index (κ2) is 24.8. The predicted octanol–water partition coefficient (Wildman–Crippen LogP) is 7.22. The molecule has 6 rings (SSSR count). The fraction of sp³-hybridized carbons (Fsp3) is 0.932. The summed E-state index contributed by atoms with van der Waals surface area (Å²) in [6.45, 7) is 2.03. The second-order valence-corrected chi connectivity index (χ2v) is 20.4. The third-order valence-corrected chi connectivity index (χ3v) is 16.1. The molecule has 15 heteroatoms. The topological polar surface area (TPSA) is 188 Å². The smallest absolute Gasteiger partial charge is 0.308 e. The summed E-state index contributed by atoms with van der Waals surface area (Å²) >= 11 is -1.54. The first kappa shape index (κ1) is 46.8. The molecule has 0 saturated heterocycles. The van der Waals surface area contributed by atoms with Gasteiger partial charge < -0.3 is 20.0 Å². The molecular weight excluding hydrogens is 781 g/mol. The van der Waals surface area contributed by atoms with Gasteiger partial charge in [-0.2, -0.15) is 5.48 Å². The molecule has 0 bridgehead atoms. The molecule has 6 saturated carbocycles. The number of hydrogen-bond acceptors (Lipinski definition) is 12. The standard InChI is InChI=1S/C44H74N2O12S/c47-42(41-21-32(17-20-40(41)43(48)49)27-57-56-26-31-11-5-2-6-12-31)45-36-13-8-16-39(24-36)59(52)58-38-15-7-14-37(23-38)46-54-28-35-22-33(18-19-34(35)29-55-51)44(50)53-25-30-9-3-1-4-10-30/h30-41,46,51H,1-29H2,(H,45,47)(H,48,49). The van der Waals surface area contributed by atoms with Gasteiger partial charge in [0.25, 0.3) is 0 Å². The number of carboxylic acid groups (broad SMARTS) is 1. The summed E-state index contributed by atoms with van der Waals surface area (Å²) in [5.74, 6) is -1.71. The molecule has 14 nitrogen and oxygen atoms in total. The predicted molar refractivity (Wildman–Crippen MR) is 219 cm³/mol. The van der Waals surface area contributed by atoms with Crippen LogP contribution >= 0.6 is 0 Å². The Kier molecular flexibility index (Phi) is 19.7. The van der Waals surface area contributed by atoms with E-state index < -0.39 is 28.9 Å². The molecule has 0 aliphatic heterocycles. The first-order valence-corrected chi connectivity index (χ1v) is 24.5. The molecule has 11 atom stereocenters. The summed E-state index contributed by atoms with van der Waals surface area (Å²) < 4.78 is 25.6. The Balaban J connectivity index is 0.902. The second-order valence-electron chi connectivity index (χ2n) is 19.0. The highest BCUT2D eigenvalue weighted by Crippen LogP contribution is 2.38. The summed E-state index contributed by atoms with van der Waals surface area (Å²) in [5, 5.41) is 22.1. The maximum absolute atomic E-state index is 13.6. The first-order valence-electron chi connectivity index (χ1n) is 23.4. The van der Waals surface area contributed by atoms with Crippen LogP contribution in [-0.4, -0.2) is 88.9 Å². The van der Waals surface area contributed by atoms with Crippen molar-refractivity contribution in [2.45, 2.75) is 178 Å². The fourth-order valence-electron chi connectivity index (χ4n) is 11.0. The van der Waals surface area contributed by atoms with Gasteiger partial charge in [0.15, 0.2) is 11.1 Å². The Morgan fingerprint density at radius 2 is 1.29 bits per heavy atom. The van der Waals surface area contributed by atoms with Crippen molar-refractivity contribution in [2.24, 2.45) is 47.3 Å². The number of rotatable bonds is 20. The lowest BCUT2D eigenvalue weighted by molar-refractivity contribution is -0.310. The Bertz CT molecular complexity index is 1310. The van der Waals surface area contributed by atoms with Gasteiger partial charge in [-0.1, -0.05) is 44.9 Å². The number of hydroxylamine groups is 1. The number of amides is 1. The molecule has 6 aliphatic carbocycles. The van der Waals surface area contributed by atoms with Gasteiger partial charge in [0, 0.05) is 12.1 Å². The lowest BCUT2D eigenvalue weighted by Gasteiger charge is -2.36. The lowest BCUT2D eigenvalue weighted by Crippen LogP contribution is -2.48. The van der Waals surface area contributed by atoms with Gasteiger partial charge >= 0.3 is 11.9 Å². The van der Waals surface area contributed by atoms with Crippen molar-refractivity contribution in [3.8, 4) is 0 Å². The number of hydrogen-bond donors (Lipinski definition) is 4. The molecule has 11 unspecified atom stereocenters. The Hall–Kier alpha value is -1.72. The van der Waals surface area contributed by atoms with Gasteiger partial charge in [-0.25, -0.2) is 18.9 Å². The Labute approximate surface area is 354 Å². The molecule has 338 valence electrons. The highest BCUT2D eigenvalue weighted by atomic mass is 32.2. The van der Waals surface area contributed by atoms with Crippen LogP contribution in [0.2, 0.25) is 0 Å². The van der Waals surface area contributed by atoms with Crippen LogP contribution in [0.1, 0.15) is 154 Å². The normalized spacial score (nSPS) is 34.5. The third-order valence-electron chi connectivity index (χ3n) is 14.6. The minimum Gasteiger partial charge on any atom is -0.481 e. The molecule has 6 aliphatic rings. The fourth-order valence-corrected chi connectivity index (χ4v) is 12.3. The van der Waals surface area contributed by atoms with Crippen LogP contribution in [0.4, 0.5) is 0 Å². The van der Waals surface area contributed by atoms with Crippen molar-refractivity contribution < 1.29 is 57.4 Å². The van der Waals surface area contributed by atoms with Crippen LogP contribution in [0, 0.1) is 47.3 Å². The molecule has 0 aromatic heterocycles. The van der Waals surface area contributed by atoms with Gasteiger partial charge in [0.2, 0.25) is 5.91 Å². The third kappa shape index (κ3) is 15.0. The molecule has 0 spiro atoms. The van der Waals surface area contributed by atoms with Crippen molar-refractivity contribution in [3.05, 3.63) is 0 Å². The zero-order valence-electron chi connectivity index (χ0n) is 35.3. The molecule has 0 radical (unpaired) electrons. The van der Waals surface area contributed by atoms with Crippen molar-refractivity contribution in [1.29, 1.82) is 0 Å². The van der Waals surface area contributed by atoms with Crippen molar-refractivity contribution in [1.82, 2.24) is 10.8 Å². The van der Waals surface area contributed by atoms with Crippen LogP contribution in [0.5, 0.6) is 0 Å². The van der Waals surface area contributed by atoms with Crippen LogP contribution in [0.15, 0.2) is 0 Å². The Morgan fingerprint density at radius 1 is 0.593 bits per heavy atom. The highest BCUT2D eigenvalue weighted by molar-refractivity contribution is 7.80. The number of nitrogens with one attached hydrogen (secondary N) is 2. The van der Waals surface area contributed by atoms with E-state index in [4.69, 9.17) is 23.5 Å². The molecule has 6 fully saturated rings. The van der Waals surface area contributed by atoms with Crippen LogP contribution < -0.4 is 10.8 Å². The van der Waals surface area contributed by atoms with Crippen LogP contribution in [0.25, 0.3) is 0 Å². The average molecular weight is 855 g/mol. The van der Waals surface area contributed by atoms with E-state index in [2.05, 4.69) is 15.7 Å². The average Bonchev–Trinajstić information content (AvgIpc) is 3.25. The van der Waals surface area contributed by atoms with Gasteiger partial charge in [-0.3, -0.25) is 23.8 Å². The minimum absolute atomic E-state index is 0.0203. The van der Waals surface area contributed by atoms with E-state index in [0.29, 0.717) is 83.2 Å². The van der Waals surface area contributed by atoms with E-state index in [-0.39, 0.29) is 65.6 Å². The number of ether oxygens (including phenoxy) is 1. The number of carbonyl (C=O) groups excluding carboxylic acids is 2. The highest BCUT2D eigenvalue weighted by Gasteiger charge is 2.41. The molecule has 0 heterocycles. The first-order chi connectivity index (χ1) is 28.7. The van der Waals surface area contributed by atoms with Gasteiger partial charge in [0.1, 0.15) is 0 Å². The lowest BCUT2D eigenvalue weighted by atomic mass is 9.73. The van der Waals surface area contributed by atoms with Gasteiger partial charge in [-0.15, -0.1) is 0 Å². The summed E-state index contributed by atoms with van der Waals surface area (Å²) in [4.78, 5) is 60.6. The van der Waals surface area contributed by atoms with E-state index >= 15 is 0 Å². The van der Waals surface area contributed by atoms with Crippen LogP contribution in [0.3, 0.4) is 0 Å². The van der Waals surface area contributed by atoms with E-state index in [1.165, 1.54) is 51.4 Å². The molecular formula is C44H74N2O12S. The summed E-state index contributed by atoms with van der Waals surface area (Å²) in [6, 6.07) is -0.169. The molecule has 59 heavy (non-hydrogen) atoms. The molecule has 0 aromatic rings. The van der Waals surface area contributed by atoms with Crippen molar-refractivity contribution in [3.63, 3.8) is 0 Å². The van der Waals surface area contributed by atoms with E-state index in [1.54, 1.807) is 0 Å². The number of carboxylic acids is 1. The maximum Gasteiger partial charge on any atom is 0.308 e. The van der Waals surface area contributed by atoms with Crippen molar-refractivity contribution in [2.75, 3.05) is 33.0 Å². The quantitative estimate of drug-likeness (QED) is 0.0417. The zero-order chi connectivity index (χ0) is 41.4. The molecule has 4 N–H and O–H groups in total. The number of aliphatic carboxylic acids is 1. The van der Waals surface area contributed by atoms with E-state index in [9.17, 15) is 29.0 Å². The maximum atomic E-state index is 13.6.